The molecule has 3 rings (SSSR count). The van der Waals surface area contributed by atoms with Gasteiger partial charge < -0.3 is 4.74 Å². The van der Waals surface area contributed by atoms with Crippen LogP contribution in [0.1, 0.15) is 0 Å². The van der Waals surface area contributed by atoms with Crippen molar-refractivity contribution in [1.82, 2.24) is 9.97 Å². The predicted molar refractivity (Wildman–Crippen MR) is 93.7 cm³/mol. The van der Waals surface area contributed by atoms with Crippen LogP contribution in [0.25, 0.3) is 11.3 Å². The van der Waals surface area contributed by atoms with Crippen molar-refractivity contribution in [2.45, 2.75) is 5.16 Å². The van der Waals surface area contributed by atoms with E-state index in [-0.39, 0.29) is 10.8 Å². The van der Waals surface area contributed by atoms with E-state index in [2.05, 4.69) is 9.97 Å². The Balaban J connectivity index is 1.98. The molecule has 0 saturated carbocycles. The first-order valence-corrected chi connectivity index (χ1v) is 9.28. The van der Waals surface area contributed by atoms with Crippen LogP contribution < -0.4 is 4.74 Å². The third kappa shape index (κ3) is 3.83. The quantitative estimate of drug-likeness (QED) is 0.384. The summed E-state index contributed by atoms with van der Waals surface area (Å²) in [6, 6.07) is 14.2. The van der Waals surface area contributed by atoms with Crippen LogP contribution >= 0.6 is 0 Å². The standard InChI is InChI=1S/C17H13N3O5S/c1-26(23,24)17-18-11-10-15(19-17)14-4-2-3-5-16(14)25-13-8-6-12(7-9-13)20(21)22/h2-11H,1H3. The number of aromatic nitrogens is 2. The average molecular weight is 371 g/mol. The average Bonchev–Trinajstić information content (AvgIpc) is 2.62. The van der Waals surface area contributed by atoms with Gasteiger partial charge in [-0.05, 0) is 30.3 Å². The Morgan fingerprint density at radius 3 is 2.38 bits per heavy atom. The molecule has 2 aromatic carbocycles. The number of ether oxygens (including phenoxy) is 1. The molecule has 0 N–H and O–H groups in total. The monoisotopic (exact) mass is 371 g/mol. The van der Waals surface area contributed by atoms with Crippen LogP contribution in [0, 0.1) is 10.1 Å². The van der Waals surface area contributed by atoms with Gasteiger partial charge in [0, 0.05) is 30.1 Å². The molecule has 132 valence electrons. The smallest absolute Gasteiger partial charge is 0.269 e. The van der Waals surface area contributed by atoms with Gasteiger partial charge in [0.05, 0.1) is 10.6 Å². The minimum Gasteiger partial charge on any atom is -0.457 e. The molecule has 1 heterocycles. The number of non-ortho nitro benzene ring substituents is 1. The van der Waals surface area contributed by atoms with Crippen molar-refractivity contribution >= 4 is 15.5 Å². The highest BCUT2D eigenvalue weighted by Gasteiger charge is 2.15. The minimum atomic E-state index is -3.54. The number of nitro groups is 1. The summed E-state index contributed by atoms with van der Waals surface area (Å²) in [6.45, 7) is 0. The molecule has 0 atom stereocenters. The Hall–Kier alpha value is -3.33. The Morgan fingerprint density at radius 1 is 1.04 bits per heavy atom. The fourth-order valence-corrected chi connectivity index (χ4v) is 2.72. The molecule has 0 aliphatic carbocycles. The van der Waals surface area contributed by atoms with Crippen LogP contribution in [0.15, 0.2) is 66.0 Å². The Morgan fingerprint density at radius 2 is 1.73 bits per heavy atom. The Bertz CT molecular complexity index is 1070. The van der Waals surface area contributed by atoms with Crippen LogP contribution in [0.5, 0.6) is 11.5 Å². The molecule has 26 heavy (non-hydrogen) atoms. The molecule has 0 unspecified atom stereocenters. The molecule has 0 aliphatic heterocycles. The molecule has 3 aromatic rings. The summed E-state index contributed by atoms with van der Waals surface area (Å²) >= 11 is 0. The second kappa shape index (κ2) is 6.89. The van der Waals surface area contributed by atoms with Crippen molar-refractivity contribution in [1.29, 1.82) is 0 Å². The maximum absolute atomic E-state index is 11.7. The van der Waals surface area contributed by atoms with E-state index in [1.165, 1.54) is 30.5 Å². The second-order valence-electron chi connectivity index (χ2n) is 5.35. The number of sulfone groups is 1. The highest BCUT2D eigenvalue weighted by molar-refractivity contribution is 7.90. The Labute approximate surface area is 149 Å². The van der Waals surface area contributed by atoms with Crippen LogP contribution in [0.3, 0.4) is 0 Å². The van der Waals surface area contributed by atoms with Gasteiger partial charge in [0.1, 0.15) is 11.5 Å². The van der Waals surface area contributed by atoms with Gasteiger partial charge in [-0.3, -0.25) is 10.1 Å². The molecule has 0 amide bonds. The first-order valence-electron chi connectivity index (χ1n) is 7.39. The highest BCUT2D eigenvalue weighted by atomic mass is 32.2. The zero-order valence-corrected chi connectivity index (χ0v) is 14.4. The van der Waals surface area contributed by atoms with E-state index in [1.807, 2.05) is 0 Å². The summed E-state index contributed by atoms with van der Waals surface area (Å²) in [6.07, 6.45) is 2.40. The lowest BCUT2D eigenvalue weighted by atomic mass is 10.1. The maximum Gasteiger partial charge on any atom is 0.269 e. The number of hydrogen-bond acceptors (Lipinski definition) is 7. The van der Waals surface area contributed by atoms with E-state index in [9.17, 15) is 18.5 Å². The molecular formula is C17H13N3O5S. The first kappa shape index (κ1) is 17.5. The number of hydrogen-bond donors (Lipinski definition) is 0. The summed E-state index contributed by atoms with van der Waals surface area (Å²) in [5.41, 5.74) is 0.912. The number of benzene rings is 2. The largest absolute Gasteiger partial charge is 0.457 e. The zero-order valence-electron chi connectivity index (χ0n) is 13.6. The maximum atomic E-state index is 11.7. The van der Waals surface area contributed by atoms with Gasteiger partial charge in [0.2, 0.25) is 15.0 Å². The van der Waals surface area contributed by atoms with E-state index in [0.29, 0.717) is 22.8 Å². The normalized spacial score (nSPS) is 11.1. The zero-order chi connectivity index (χ0) is 18.7. The fraction of sp³-hybridized carbons (Fsp3) is 0.0588. The summed E-state index contributed by atoms with van der Waals surface area (Å²) in [7, 11) is -3.54. The van der Waals surface area contributed by atoms with Crippen LogP contribution in [-0.2, 0) is 9.84 Å². The van der Waals surface area contributed by atoms with Gasteiger partial charge in [-0.1, -0.05) is 12.1 Å². The van der Waals surface area contributed by atoms with Crippen molar-refractivity contribution in [3.8, 4) is 22.8 Å². The van der Waals surface area contributed by atoms with E-state index in [1.54, 1.807) is 30.3 Å². The van der Waals surface area contributed by atoms with Crippen LogP contribution in [0.4, 0.5) is 5.69 Å². The van der Waals surface area contributed by atoms with Gasteiger partial charge in [0.25, 0.3) is 5.69 Å². The van der Waals surface area contributed by atoms with Crippen molar-refractivity contribution in [2.75, 3.05) is 6.26 Å². The molecule has 0 spiro atoms. The van der Waals surface area contributed by atoms with Gasteiger partial charge in [-0.2, -0.15) is 0 Å². The van der Waals surface area contributed by atoms with Gasteiger partial charge >= 0.3 is 0 Å². The van der Waals surface area contributed by atoms with Crippen LogP contribution in [-0.4, -0.2) is 29.6 Å². The highest BCUT2D eigenvalue weighted by Crippen LogP contribution is 2.32. The third-order valence-corrected chi connectivity index (χ3v) is 4.26. The van der Waals surface area contributed by atoms with Crippen molar-refractivity contribution < 1.29 is 18.1 Å². The summed E-state index contributed by atoms with van der Waals surface area (Å²) in [5, 5.41) is 10.4. The van der Waals surface area contributed by atoms with E-state index in [0.717, 1.165) is 6.26 Å². The summed E-state index contributed by atoms with van der Waals surface area (Å²) < 4.78 is 29.1. The van der Waals surface area contributed by atoms with Gasteiger partial charge in [-0.15, -0.1) is 0 Å². The lowest BCUT2D eigenvalue weighted by Crippen LogP contribution is -2.04. The predicted octanol–water partition coefficient (Wildman–Crippen LogP) is 3.25. The molecular weight excluding hydrogens is 358 g/mol. The molecule has 0 aliphatic rings. The van der Waals surface area contributed by atoms with Crippen molar-refractivity contribution in [3.05, 3.63) is 70.9 Å². The number of nitrogens with zero attached hydrogens (tertiary/aromatic N) is 3. The van der Waals surface area contributed by atoms with Crippen molar-refractivity contribution in [3.63, 3.8) is 0 Å². The van der Waals surface area contributed by atoms with Crippen molar-refractivity contribution in [2.24, 2.45) is 0 Å². The summed E-state index contributed by atoms with van der Waals surface area (Å²) in [5.74, 6) is 0.833. The topological polar surface area (TPSA) is 112 Å². The number of rotatable bonds is 5. The third-order valence-electron chi connectivity index (χ3n) is 3.40. The van der Waals surface area contributed by atoms with Gasteiger partial charge in [-0.25, -0.2) is 18.4 Å². The minimum absolute atomic E-state index is 0.0424. The Kier molecular flexibility index (Phi) is 4.63. The van der Waals surface area contributed by atoms with E-state index >= 15 is 0 Å². The molecule has 0 radical (unpaired) electrons. The molecule has 9 heteroatoms. The van der Waals surface area contributed by atoms with Gasteiger partial charge in [0.15, 0.2) is 0 Å². The molecule has 1 aromatic heterocycles. The number of nitro benzene ring substituents is 1. The summed E-state index contributed by atoms with van der Waals surface area (Å²) in [4.78, 5) is 18.1. The van der Waals surface area contributed by atoms with E-state index in [4.69, 9.17) is 4.74 Å². The van der Waals surface area contributed by atoms with Crippen LogP contribution in [0.2, 0.25) is 0 Å². The SMILES string of the molecule is CS(=O)(=O)c1nccc(-c2ccccc2Oc2ccc([N+](=O)[O-])cc2)n1. The molecule has 0 fully saturated rings. The first-order chi connectivity index (χ1) is 12.3. The van der Waals surface area contributed by atoms with E-state index < -0.39 is 14.8 Å². The second-order valence-corrected chi connectivity index (χ2v) is 7.26. The lowest BCUT2D eigenvalue weighted by molar-refractivity contribution is -0.384. The number of para-hydroxylation sites is 1. The lowest BCUT2D eigenvalue weighted by Gasteiger charge is -2.11. The fourth-order valence-electron chi connectivity index (χ4n) is 2.20. The molecule has 0 bridgehead atoms. The molecule has 8 nitrogen and oxygen atoms in total. The molecule has 0 saturated heterocycles.